The maximum absolute atomic E-state index is 13.8. The molecule has 0 radical (unpaired) electrons. The molecule has 3 aromatic carbocycles. The third-order valence-corrected chi connectivity index (χ3v) is 8.24. The maximum Gasteiger partial charge on any atom is 0.264 e. The van der Waals surface area contributed by atoms with Crippen LogP contribution in [0.5, 0.6) is 0 Å². The Morgan fingerprint density at radius 1 is 0.947 bits per heavy atom. The number of benzene rings is 3. The number of nitrogens with one attached hydrogen (secondary N) is 1. The van der Waals surface area contributed by atoms with Crippen molar-refractivity contribution in [2.75, 3.05) is 17.4 Å². The summed E-state index contributed by atoms with van der Waals surface area (Å²) in [6, 6.07) is 21.2. The molecule has 38 heavy (non-hydrogen) atoms. The van der Waals surface area contributed by atoms with Crippen molar-refractivity contribution in [1.82, 2.24) is 10.2 Å². The van der Waals surface area contributed by atoms with Crippen LogP contribution < -0.4 is 9.62 Å². The van der Waals surface area contributed by atoms with Crippen molar-refractivity contribution in [1.29, 1.82) is 0 Å². The van der Waals surface area contributed by atoms with Gasteiger partial charge in [0.05, 0.1) is 10.6 Å². The zero-order valence-electron chi connectivity index (χ0n) is 21.9. The van der Waals surface area contributed by atoms with Crippen molar-refractivity contribution in [3.05, 3.63) is 95.0 Å². The largest absolute Gasteiger partial charge is 0.354 e. The Kier molecular flexibility index (Phi) is 10.3. The summed E-state index contributed by atoms with van der Waals surface area (Å²) < 4.78 is 28.6. The zero-order chi connectivity index (χ0) is 27.7. The van der Waals surface area contributed by atoms with Gasteiger partial charge in [-0.3, -0.25) is 13.9 Å². The Bertz CT molecular complexity index is 1310. The first-order valence-corrected chi connectivity index (χ1v) is 14.4. The minimum absolute atomic E-state index is 0.00948. The number of halogens is 1. The molecule has 202 valence electrons. The van der Waals surface area contributed by atoms with Gasteiger partial charge >= 0.3 is 0 Å². The molecule has 0 aliphatic heterocycles. The summed E-state index contributed by atoms with van der Waals surface area (Å²) in [5.74, 6) is -0.782. The first kappa shape index (κ1) is 29.2. The number of hydrogen-bond acceptors (Lipinski definition) is 4. The van der Waals surface area contributed by atoms with Gasteiger partial charge in [0, 0.05) is 18.1 Å². The number of carbonyl (C=O) groups is 2. The lowest BCUT2D eigenvalue weighted by atomic mass is 10.1. The van der Waals surface area contributed by atoms with Crippen molar-refractivity contribution in [3.8, 4) is 0 Å². The van der Waals surface area contributed by atoms with E-state index < -0.39 is 28.5 Å². The highest BCUT2D eigenvalue weighted by Gasteiger charge is 2.32. The summed E-state index contributed by atoms with van der Waals surface area (Å²) in [6.07, 6.45) is 1.75. The average molecular weight is 556 g/mol. The van der Waals surface area contributed by atoms with Crippen LogP contribution in [0.3, 0.4) is 0 Å². The predicted octanol–water partition coefficient (Wildman–Crippen LogP) is 5.18. The molecule has 0 aliphatic carbocycles. The third-order valence-electron chi connectivity index (χ3n) is 6.20. The van der Waals surface area contributed by atoms with Crippen molar-refractivity contribution >= 4 is 39.1 Å². The van der Waals surface area contributed by atoms with Gasteiger partial charge in [0.25, 0.3) is 10.0 Å². The van der Waals surface area contributed by atoms with Gasteiger partial charge in [0.1, 0.15) is 12.6 Å². The summed E-state index contributed by atoms with van der Waals surface area (Å²) in [7, 11) is -4.12. The van der Waals surface area contributed by atoms with Crippen LogP contribution in [0.2, 0.25) is 5.02 Å². The van der Waals surface area contributed by atoms with Crippen LogP contribution >= 0.6 is 11.6 Å². The van der Waals surface area contributed by atoms with E-state index in [2.05, 4.69) is 5.32 Å². The summed E-state index contributed by atoms with van der Waals surface area (Å²) in [6.45, 7) is 5.77. The molecule has 0 aromatic heterocycles. The Morgan fingerprint density at radius 3 is 2.18 bits per heavy atom. The van der Waals surface area contributed by atoms with E-state index in [4.69, 9.17) is 11.6 Å². The van der Waals surface area contributed by atoms with Gasteiger partial charge in [-0.2, -0.15) is 0 Å². The van der Waals surface area contributed by atoms with Crippen LogP contribution in [0.4, 0.5) is 5.69 Å². The van der Waals surface area contributed by atoms with Gasteiger partial charge in [-0.15, -0.1) is 0 Å². The normalized spacial score (nSPS) is 12.0. The van der Waals surface area contributed by atoms with Crippen LogP contribution in [0.25, 0.3) is 0 Å². The molecule has 1 N–H and O–H groups in total. The lowest BCUT2D eigenvalue weighted by Crippen LogP contribution is -2.51. The zero-order valence-corrected chi connectivity index (χ0v) is 23.5. The third kappa shape index (κ3) is 7.58. The molecule has 3 aromatic rings. The minimum atomic E-state index is -4.12. The molecule has 1 atom stereocenters. The lowest BCUT2D eigenvalue weighted by Gasteiger charge is -2.32. The molecule has 2 amide bonds. The van der Waals surface area contributed by atoms with Gasteiger partial charge in [-0.05, 0) is 62.2 Å². The van der Waals surface area contributed by atoms with E-state index in [1.165, 1.54) is 29.2 Å². The summed E-state index contributed by atoms with van der Waals surface area (Å²) >= 11 is 5.98. The van der Waals surface area contributed by atoms with Crippen molar-refractivity contribution in [2.24, 2.45) is 0 Å². The van der Waals surface area contributed by atoms with Crippen LogP contribution in [0.1, 0.15) is 37.8 Å². The molecule has 0 bridgehead atoms. The van der Waals surface area contributed by atoms with Crippen LogP contribution in [0, 0.1) is 6.92 Å². The molecule has 3 rings (SSSR count). The standard InChI is InChI=1S/C29H34ClN3O4S/c1-4-5-19-31-29(35)23(3)32(20-24-9-7-6-8-10-24)28(34)21-33(26-15-11-22(2)12-16-26)38(36,37)27-17-13-25(30)14-18-27/h6-18,23H,4-5,19-21H2,1-3H3,(H,31,35)/t23-/m0/s1. The maximum atomic E-state index is 13.8. The minimum Gasteiger partial charge on any atom is -0.354 e. The fourth-order valence-corrected chi connectivity index (χ4v) is 5.41. The summed E-state index contributed by atoms with van der Waals surface area (Å²) in [4.78, 5) is 28.2. The van der Waals surface area contributed by atoms with Gasteiger partial charge in [0.15, 0.2) is 0 Å². The van der Waals surface area contributed by atoms with Crippen LogP contribution in [-0.4, -0.2) is 44.3 Å². The SMILES string of the molecule is CCCCNC(=O)[C@H](C)N(Cc1ccccc1)C(=O)CN(c1ccc(C)cc1)S(=O)(=O)c1ccc(Cl)cc1. The van der Waals surface area contributed by atoms with E-state index in [1.54, 1.807) is 31.2 Å². The second kappa shape index (κ2) is 13.4. The van der Waals surface area contributed by atoms with Crippen molar-refractivity contribution in [3.63, 3.8) is 0 Å². The molecule has 0 saturated carbocycles. The summed E-state index contributed by atoms with van der Waals surface area (Å²) in [5, 5.41) is 3.28. The molecular weight excluding hydrogens is 522 g/mol. The number of aryl methyl sites for hydroxylation is 1. The highest BCUT2D eigenvalue weighted by Crippen LogP contribution is 2.26. The first-order chi connectivity index (χ1) is 18.1. The van der Waals surface area contributed by atoms with E-state index in [0.717, 1.165) is 28.3 Å². The fourth-order valence-electron chi connectivity index (χ4n) is 3.87. The quantitative estimate of drug-likeness (QED) is 0.312. The highest BCUT2D eigenvalue weighted by atomic mass is 35.5. The average Bonchev–Trinajstić information content (AvgIpc) is 2.91. The number of unbranched alkanes of at least 4 members (excludes halogenated alkanes) is 1. The van der Waals surface area contributed by atoms with Gasteiger partial charge < -0.3 is 10.2 Å². The number of carbonyl (C=O) groups excluding carboxylic acids is 2. The van der Waals surface area contributed by atoms with E-state index >= 15 is 0 Å². The Morgan fingerprint density at radius 2 is 1.58 bits per heavy atom. The Balaban J connectivity index is 1.97. The number of nitrogens with zero attached hydrogens (tertiary/aromatic N) is 2. The fraction of sp³-hybridized carbons (Fsp3) is 0.310. The predicted molar refractivity (Wildman–Crippen MR) is 152 cm³/mol. The molecular formula is C29H34ClN3O4S. The topological polar surface area (TPSA) is 86.8 Å². The second-order valence-electron chi connectivity index (χ2n) is 9.13. The first-order valence-electron chi connectivity index (χ1n) is 12.6. The number of anilines is 1. The van der Waals surface area contributed by atoms with Gasteiger partial charge in [-0.25, -0.2) is 8.42 Å². The number of sulfonamides is 1. The molecule has 7 nitrogen and oxygen atoms in total. The Labute approximate surface area is 230 Å². The van der Waals surface area contributed by atoms with E-state index in [9.17, 15) is 18.0 Å². The van der Waals surface area contributed by atoms with Crippen molar-refractivity contribution < 1.29 is 18.0 Å². The molecule has 0 saturated heterocycles. The molecule has 0 spiro atoms. The monoisotopic (exact) mass is 555 g/mol. The molecule has 9 heteroatoms. The number of hydrogen-bond donors (Lipinski definition) is 1. The Hall–Kier alpha value is -3.36. The van der Waals surface area contributed by atoms with Crippen LogP contribution in [0.15, 0.2) is 83.8 Å². The van der Waals surface area contributed by atoms with Crippen LogP contribution in [-0.2, 0) is 26.2 Å². The molecule has 0 aliphatic rings. The second-order valence-corrected chi connectivity index (χ2v) is 11.4. The van der Waals surface area contributed by atoms with E-state index in [0.29, 0.717) is 17.3 Å². The van der Waals surface area contributed by atoms with Gasteiger partial charge in [-0.1, -0.05) is 73.0 Å². The molecule has 0 heterocycles. The van der Waals surface area contributed by atoms with E-state index in [1.807, 2.05) is 44.2 Å². The number of rotatable bonds is 12. The summed E-state index contributed by atoms with van der Waals surface area (Å²) in [5.41, 5.74) is 2.13. The smallest absolute Gasteiger partial charge is 0.264 e. The number of amides is 2. The van der Waals surface area contributed by atoms with Gasteiger partial charge in [0.2, 0.25) is 11.8 Å². The lowest BCUT2D eigenvalue weighted by molar-refractivity contribution is -0.139. The van der Waals surface area contributed by atoms with Crippen molar-refractivity contribution in [2.45, 2.75) is 51.1 Å². The van der Waals surface area contributed by atoms with E-state index in [-0.39, 0.29) is 17.3 Å². The highest BCUT2D eigenvalue weighted by molar-refractivity contribution is 7.92. The molecule has 0 fully saturated rings. The molecule has 0 unspecified atom stereocenters.